The van der Waals surface area contributed by atoms with Crippen molar-refractivity contribution >= 4 is 11.4 Å². The third-order valence-electron chi connectivity index (χ3n) is 3.22. The van der Waals surface area contributed by atoms with E-state index in [0.29, 0.717) is 0 Å². The third kappa shape index (κ3) is 1.40. The fraction of sp³-hybridized carbons (Fsp3) is 0.583. The number of aryl methyl sites for hydroxylation is 2. The summed E-state index contributed by atoms with van der Waals surface area (Å²) in [5.74, 6) is 0.427. The minimum atomic E-state index is -0.538. The molecule has 0 radical (unpaired) electrons. The van der Waals surface area contributed by atoms with Crippen molar-refractivity contribution in [1.82, 2.24) is 9.55 Å². The Kier molecular flexibility index (Phi) is 2.26. The van der Waals surface area contributed by atoms with Gasteiger partial charge in [-0.15, -0.1) is 0 Å². The highest BCUT2D eigenvalue weighted by Gasteiger charge is 2.32. The monoisotopic (exact) mass is 218 g/mol. The first-order valence-corrected chi connectivity index (χ1v) is 5.51. The summed E-state index contributed by atoms with van der Waals surface area (Å²) in [6, 6.07) is 0. The molecule has 0 unspecified atom stereocenters. The third-order valence-corrected chi connectivity index (χ3v) is 3.22. The summed E-state index contributed by atoms with van der Waals surface area (Å²) in [4.78, 5) is 13.8. The average Bonchev–Trinajstić information content (AvgIpc) is 2.53. The molecule has 2 heterocycles. The fourth-order valence-electron chi connectivity index (χ4n) is 2.32. The van der Waals surface area contributed by atoms with E-state index in [4.69, 9.17) is 0 Å². The summed E-state index contributed by atoms with van der Waals surface area (Å²) in [6.07, 6.45) is 0. The van der Waals surface area contributed by atoms with E-state index in [-0.39, 0.29) is 0 Å². The molecule has 0 saturated carbocycles. The molecule has 0 spiro atoms. The Labute approximate surface area is 96.1 Å². The van der Waals surface area contributed by atoms with Crippen molar-refractivity contribution in [2.75, 3.05) is 0 Å². The first-order valence-electron chi connectivity index (χ1n) is 5.51. The normalized spacial score (nSPS) is 18.6. The minimum Gasteiger partial charge on any atom is -0.288 e. The first-order chi connectivity index (χ1) is 7.35. The molecule has 0 atom stereocenters. The van der Waals surface area contributed by atoms with Crippen molar-refractivity contribution in [3.05, 3.63) is 17.2 Å². The smallest absolute Gasteiger partial charge is 0.229 e. The summed E-state index contributed by atoms with van der Waals surface area (Å²) in [7, 11) is 0. The molecule has 0 N–H and O–H groups in total. The lowest BCUT2D eigenvalue weighted by atomic mass is 10.3. The molecule has 0 bridgehead atoms. The van der Waals surface area contributed by atoms with Crippen molar-refractivity contribution in [3.8, 4) is 0 Å². The van der Waals surface area contributed by atoms with Gasteiger partial charge in [0.25, 0.3) is 0 Å². The van der Waals surface area contributed by atoms with Crippen LogP contribution in [0.1, 0.15) is 38.0 Å². The van der Waals surface area contributed by atoms with Crippen LogP contribution in [-0.4, -0.2) is 21.0 Å². The SMILES string of the molecule is CC1=NC(C)(n2c(C)nc(C)c2C)N=C1C. The average molecular weight is 218 g/mol. The topological polar surface area (TPSA) is 42.5 Å². The molecule has 0 saturated heterocycles. The van der Waals surface area contributed by atoms with Gasteiger partial charge in [0.15, 0.2) is 0 Å². The molecule has 1 aliphatic heterocycles. The maximum absolute atomic E-state index is 4.64. The van der Waals surface area contributed by atoms with E-state index in [1.807, 2.05) is 34.6 Å². The van der Waals surface area contributed by atoms with Crippen molar-refractivity contribution in [3.63, 3.8) is 0 Å². The van der Waals surface area contributed by atoms with Crippen LogP contribution in [0.2, 0.25) is 0 Å². The lowest BCUT2D eigenvalue weighted by molar-refractivity contribution is 0.347. The number of hydrogen-bond acceptors (Lipinski definition) is 3. The van der Waals surface area contributed by atoms with Crippen LogP contribution in [0.25, 0.3) is 0 Å². The zero-order valence-corrected chi connectivity index (χ0v) is 10.8. The van der Waals surface area contributed by atoms with Gasteiger partial charge < -0.3 is 0 Å². The van der Waals surface area contributed by atoms with Crippen molar-refractivity contribution in [2.45, 2.75) is 47.3 Å². The quantitative estimate of drug-likeness (QED) is 0.713. The van der Waals surface area contributed by atoms with Crippen LogP contribution in [0.15, 0.2) is 9.98 Å². The van der Waals surface area contributed by atoms with Gasteiger partial charge >= 0.3 is 0 Å². The predicted molar refractivity (Wildman–Crippen MR) is 66.3 cm³/mol. The molecular formula is C12H18N4. The van der Waals surface area contributed by atoms with Gasteiger partial charge in [-0.3, -0.25) is 4.57 Å². The van der Waals surface area contributed by atoms with Gasteiger partial charge in [-0.05, 0) is 34.6 Å². The maximum Gasteiger partial charge on any atom is 0.229 e. The van der Waals surface area contributed by atoms with Crippen molar-refractivity contribution in [1.29, 1.82) is 0 Å². The molecule has 86 valence electrons. The van der Waals surface area contributed by atoms with Crippen molar-refractivity contribution in [2.24, 2.45) is 9.98 Å². The highest BCUT2D eigenvalue weighted by Crippen LogP contribution is 2.29. The van der Waals surface area contributed by atoms with E-state index >= 15 is 0 Å². The van der Waals surface area contributed by atoms with E-state index in [1.54, 1.807) is 0 Å². The highest BCUT2D eigenvalue weighted by molar-refractivity contribution is 6.41. The Morgan fingerprint density at radius 2 is 1.44 bits per heavy atom. The molecule has 0 fully saturated rings. The molecular weight excluding hydrogens is 200 g/mol. The summed E-state index contributed by atoms with van der Waals surface area (Å²) >= 11 is 0. The van der Waals surface area contributed by atoms with Gasteiger partial charge in [0, 0.05) is 12.6 Å². The Balaban J connectivity index is 2.63. The zero-order chi connectivity index (χ0) is 12.1. The zero-order valence-electron chi connectivity index (χ0n) is 10.8. The number of imidazole rings is 1. The second-order valence-corrected chi connectivity index (χ2v) is 4.53. The maximum atomic E-state index is 4.64. The number of aliphatic imine (C=N–C) groups is 2. The van der Waals surface area contributed by atoms with Crippen LogP contribution in [0.3, 0.4) is 0 Å². The number of nitrogens with zero attached hydrogens (tertiary/aromatic N) is 4. The number of hydrogen-bond donors (Lipinski definition) is 0. The van der Waals surface area contributed by atoms with Crippen LogP contribution in [0.4, 0.5) is 0 Å². The van der Waals surface area contributed by atoms with Gasteiger partial charge in [0.2, 0.25) is 5.79 Å². The molecule has 16 heavy (non-hydrogen) atoms. The Morgan fingerprint density at radius 1 is 0.938 bits per heavy atom. The lowest BCUT2D eigenvalue weighted by Gasteiger charge is -2.23. The van der Waals surface area contributed by atoms with E-state index < -0.39 is 5.79 Å². The minimum absolute atomic E-state index is 0.538. The standard InChI is InChI=1S/C12H18N4/c1-7-8(2)15-12(6,14-7)16-10(4)9(3)13-11(16)5/h1-6H3. The summed E-state index contributed by atoms with van der Waals surface area (Å²) in [5.41, 5.74) is 4.20. The molecule has 0 aliphatic carbocycles. The van der Waals surface area contributed by atoms with Crippen LogP contribution < -0.4 is 0 Å². The van der Waals surface area contributed by atoms with E-state index in [9.17, 15) is 0 Å². The van der Waals surface area contributed by atoms with Crippen LogP contribution in [-0.2, 0) is 5.79 Å². The van der Waals surface area contributed by atoms with Crippen LogP contribution >= 0.6 is 0 Å². The predicted octanol–water partition coefficient (Wildman–Crippen LogP) is 2.37. The van der Waals surface area contributed by atoms with E-state index in [1.165, 1.54) is 0 Å². The molecule has 4 nitrogen and oxygen atoms in total. The molecule has 0 amide bonds. The molecule has 2 rings (SSSR count). The van der Waals surface area contributed by atoms with Gasteiger partial charge in [-0.2, -0.15) is 0 Å². The van der Waals surface area contributed by atoms with E-state index in [0.717, 1.165) is 28.6 Å². The summed E-state index contributed by atoms with van der Waals surface area (Å²) < 4.78 is 2.10. The van der Waals surface area contributed by atoms with Gasteiger partial charge in [-0.1, -0.05) is 0 Å². The van der Waals surface area contributed by atoms with Crippen LogP contribution in [0.5, 0.6) is 0 Å². The Bertz CT molecular complexity index is 487. The molecule has 4 heteroatoms. The molecule has 1 aromatic heterocycles. The van der Waals surface area contributed by atoms with Gasteiger partial charge in [-0.25, -0.2) is 15.0 Å². The van der Waals surface area contributed by atoms with Crippen LogP contribution in [0, 0.1) is 20.8 Å². The molecule has 1 aliphatic rings. The lowest BCUT2D eigenvalue weighted by Crippen LogP contribution is -2.26. The Hall–Kier alpha value is -1.45. The highest BCUT2D eigenvalue weighted by atomic mass is 15.4. The van der Waals surface area contributed by atoms with Crippen molar-refractivity contribution < 1.29 is 0 Å². The summed E-state index contributed by atoms with van der Waals surface area (Å²) in [5, 5.41) is 0. The first kappa shape index (κ1) is 11.0. The number of rotatable bonds is 1. The Morgan fingerprint density at radius 3 is 1.81 bits per heavy atom. The van der Waals surface area contributed by atoms with Gasteiger partial charge in [0.1, 0.15) is 5.82 Å². The van der Waals surface area contributed by atoms with E-state index in [2.05, 4.69) is 26.5 Å². The fourth-order valence-corrected chi connectivity index (χ4v) is 2.32. The largest absolute Gasteiger partial charge is 0.288 e. The second-order valence-electron chi connectivity index (χ2n) is 4.53. The molecule has 0 aromatic carbocycles. The van der Waals surface area contributed by atoms with Gasteiger partial charge in [0.05, 0.1) is 17.1 Å². The summed E-state index contributed by atoms with van der Waals surface area (Å²) in [6.45, 7) is 12.1. The second kappa shape index (κ2) is 3.27. The molecule has 1 aromatic rings. The number of aromatic nitrogens is 2.